The molecule has 0 radical (unpaired) electrons. The van der Waals surface area contributed by atoms with Crippen molar-refractivity contribution in [3.8, 4) is 0 Å². The summed E-state index contributed by atoms with van der Waals surface area (Å²) in [6.07, 6.45) is 3.66. The van der Waals surface area contributed by atoms with Crippen molar-refractivity contribution in [1.82, 2.24) is 14.9 Å². The van der Waals surface area contributed by atoms with Crippen molar-refractivity contribution in [3.05, 3.63) is 11.9 Å². The quantitative estimate of drug-likeness (QED) is 0.889. The first kappa shape index (κ1) is 12.7. The minimum atomic E-state index is 0.559. The van der Waals surface area contributed by atoms with Crippen LogP contribution in [0.25, 0.3) is 0 Å². The Morgan fingerprint density at radius 3 is 2.58 bits per heavy atom. The third-order valence-corrected chi connectivity index (χ3v) is 3.93. The molecule has 0 amide bonds. The van der Waals surface area contributed by atoms with E-state index >= 15 is 0 Å². The van der Waals surface area contributed by atoms with E-state index in [1.807, 2.05) is 6.07 Å². The van der Waals surface area contributed by atoms with Gasteiger partial charge in [-0.3, -0.25) is 4.90 Å². The van der Waals surface area contributed by atoms with Crippen LogP contribution in [0.3, 0.4) is 0 Å². The summed E-state index contributed by atoms with van der Waals surface area (Å²) in [5, 5.41) is 0. The predicted molar refractivity (Wildman–Crippen MR) is 77.4 cm³/mol. The van der Waals surface area contributed by atoms with Gasteiger partial charge in [-0.15, -0.1) is 0 Å². The second-order valence-corrected chi connectivity index (χ2v) is 5.61. The maximum Gasteiger partial charge on any atom is 0.136 e. The summed E-state index contributed by atoms with van der Waals surface area (Å²) in [6, 6.07) is 1.92. The Hall–Kier alpha value is -1.36. The first-order valence-corrected chi connectivity index (χ1v) is 7.38. The highest BCUT2D eigenvalue weighted by Gasteiger charge is 2.28. The number of anilines is 2. The molecule has 0 aromatic carbocycles. The molecular weight excluding hydrogens is 238 g/mol. The normalized spacial score (nSPS) is 20.8. The fourth-order valence-electron chi connectivity index (χ4n) is 2.67. The number of rotatable bonds is 4. The molecule has 19 heavy (non-hydrogen) atoms. The van der Waals surface area contributed by atoms with Gasteiger partial charge in [-0.05, 0) is 25.8 Å². The molecule has 2 heterocycles. The molecule has 5 heteroatoms. The van der Waals surface area contributed by atoms with Crippen LogP contribution in [0.2, 0.25) is 0 Å². The van der Waals surface area contributed by atoms with Gasteiger partial charge in [-0.25, -0.2) is 9.97 Å². The Bertz CT molecular complexity index is 435. The highest BCUT2D eigenvalue weighted by Crippen LogP contribution is 2.38. The lowest BCUT2D eigenvalue weighted by Crippen LogP contribution is -2.46. The molecule has 0 bridgehead atoms. The molecule has 1 aliphatic heterocycles. The van der Waals surface area contributed by atoms with Crippen molar-refractivity contribution < 1.29 is 0 Å². The van der Waals surface area contributed by atoms with Gasteiger partial charge >= 0.3 is 0 Å². The Kier molecular flexibility index (Phi) is 3.55. The maximum atomic E-state index is 5.92. The topological polar surface area (TPSA) is 58.3 Å². The number of hydrogen-bond acceptors (Lipinski definition) is 5. The van der Waals surface area contributed by atoms with E-state index < -0.39 is 0 Å². The largest absolute Gasteiger partial charge is 0.384 e. The third kappa shape index (κ3) is 2.97. The van der Waals surface area contributed by atoms with Gasteiger partial charge in [0.25, 0.3) is 0 Å². The average molecular weight is 261 g/mol. The summed E-state index contributed by atoms with van der Waals surface area (Å²) >= 11 is 0. The molecule has 0 spiro atoms. The van der Waals surface area contributed by atoms with Crippen LogP contribution in [0.4, 0.5) is 11.6 Å². The lowest BCUT2D eigenvalue weighted by atomic mass is 10.3. The summed E-state index contributed by atoms with van der Waals surface area (Å²) in [4.78, 5) is 13.9. The number of nitrogens with zero attached hydrogens (tertiary/aromatic N) is 4. The second-order valence-electron chi connectivity index (χ2n) is 5.61. The molecule has 0 unspecified atom stereocenters. The monoisotopic (exact) mass is 261 g/mol. The number of nitrogens with two attached hydrogens (primary N) is 1. The van der Waals surface area contributed by atoms with Gasteiger partial charge in [0, 0.05) is 38.2 Å². The Morgan fingerprint density at radius 1 is 1.21 bits per heavy atom. The summed E-state index contributed by atoms with van der Waals surface area (Å²) in [7, 11) is 0. The standard InChI is InChI=1S/C14H23N5/c1-2-5-18-6-8-19(9-7-18)13-10-12(15)16-14(17-13)11-3-4-11/h10-11H,2-9H2,1H3,(H2,15,16,17). The van der Waals surface area contributed by atoms with Crippen molar-refractivity contribution in [2.75, 3.05) is 43.4 Å². The zero-order valence-corrected chi connectivity index (χ0v) is 11.7. The molecule has 2 N–H and O–H groups in total. The minimum absolute atomic E-state index is 0.559. The zero-order valence-electron chi connectivity index (χ0n) is 11.7. The van der Waals surface area contributed by atoms with E-state index in [1.54, 1.807) is 0 Å². The van der Waals surface area contributed by atoms with Crippen molar-refractivity contribution in [2.45, 2.75) is 32.1 Å². The maximum absolute atomic E-state index is 5.92. The summed E-state index contributed by atoms with van der Waals surface area (Å²) in [5.74, 6) is 3.14. The summed E-state index contributed by atoms with van der Waals surface area (Å²) in [5.41, 5.74) is 5.92. The highest BCUT2D eigenvalue weighted by molar-refractivity contribution is 5.48. The average Bonchev–Trinajstić information content (AvgIpc) is 3.23. The molecule has 1 aliphatic carbocycles. The Balaban J connectivity index is 1.69. The number of hydrogen-bond donors (Lipinski definition) is 1. The van der Waals surface area contributed by atoms with Gasteiger partial charge in [0.2, 0.25) is 0 Å². The van der Waals surface area contributed by atoms with E-state index in [1.165, 1.54) is 25.8 Å². The molecule has 104 valence electrons. The van der Waals surface area contributed by atoms with Crippen LogP contribution < -0.4 is 10.6 Å². The van der Waals surface area contributed by atoms with Gasteiger partial charge < -0.3 is 10.6 Å². The van der Waals surface area contributed by atoms with Crippen molar-refractivity contribution in [3.63, 3.8) is 0 Å². The smallest absolute Gasteiger partial charge is 0.136 e. The van der Waals surface area contributed by atoms with Gasteiger partial charge in [0.1, 0.15) is 17.5 Å². The highest BCUT2D eigenvalue weighted by atomic mass is 15.3. The second kappa shape index (κ2) is 5.33. The van der Waals surface area contributed by atoms with Crippen LogP contribution in [0.5, 0.6) is 0 Å². The van der Waals surface area contributed by atoms with Gasteiger partial charge in [-0.2, -0.15) is 0 Å². The molecule has 0 atom stereocenters. The molecule has 3 rings (SSSR count). The fourth-order valence-corrected chi connectivity index (χ4v) is 2.67. The fraction of sp³-hybridized carbons (Fsp3) is 0.714. The SMILES string of the molecule is CCCN1CCN(c2cc(N)nc(C3CC3)n2)CC1. The molecule has 2 fully saturated rings. The van der Waals surface area contributed by atoms with Gasteiger partial charge in [-0.1, -0.05) is 6.92 Å². The Morgan fingerprint density at radius 2 is 1.95 bits per heavy atom. The number of piperazine rings is 1. The van der Waals surface area contributed by atoms with Gasteiger partial charge in [0.05, 0.1) is 0 Å². The molecule has 1 aromatic heterocycles. The first-order valence-electron chi connectivity index (χ1n) is 7.38. The van der Waals surface area contributed by atoms with Crippen molar-refractivity contribution >= 4 is 11.6 Å². The van der Waals surface area contributed by atoms with Crippen LogP contribution in [0.15, 0.2) is 6.07 Å². The van der Waals surface area contributed by atoms with Gasteiger partial charge in [0.15, 0.2) is 0 Å². The minimum Gasteiger partial charge on any atom is -0.384 e. The number of nitrogen functional groups attached to an aromatic ring is 1. The molecule has 5 nitrogen and oxygen atoms in total. The van der Waals surface area contributed by atoms with Crippen molar-refractivity contribution in [2.24, 2.45) is 0 Å². The Labute approximate surface area is 114 Å². The molecule has 1 aromatic rings. The van der Waals surface area contributed by atoms with E-state index in [0.717, 1.165) is 37.8 Å². The van der Waals surface area contributed by atoms with Crippen LogP contribution in [-0.2, 0) is 0 Å². The number of aromatic nitrogens is 2. The predicted octanol–water partition coefficient (Wildman–Crippen LogP) is 1.47. The molecule has 1 saturated carbocycles. The van der Waals surface area contributed by atoms with Crippen LogP contribution >= 0.6 is 0 Å². The van der Waals surface area contributed by atoms with E-state index in [-0.39, 0.29) is 0 Å². The van der Waals surface area contributed by atoms with E-state index in [4.69, 9.17) is 10.7 Å². The molecule has 1 saturated heterocycles. The summed E-state index contributed by atoms with van der Waals surface area (Å²) < 4.78 is 0. The van der Waals surface area contributed by atoms with Crippen LogP contribution in [0, 0.1) is 0 Å². The van der Waals surface area contributed by atoms with Crippen molar-refractivity contribution in [1.29, 1.82) is 0 Å². The lowest BCUT2D eigenvalue weighted by molar-refractivity contribution is 0.258. The van der Waals surface area contributed by atoms with E-state index in [2.05, 4.69) is 21.7 Å². The van der Waals surface area contributed by atoms with E-state index in [0.29, 0.717) is 11.7 Å². The van der Waals surface area contributed by atoms with Crippen LogP contribution in [0.1, 0.15) is 37.9 Å². The summed E-state index contributed by atoms with van der Waals surface area (Å²) in [6.45, 7) is 7.76. The molecular formula is C14H23N5. The molecule has 2 aliphatic rings. The third-order valence-electron chi connectivity index (χ3n) is 3.93. The zero-order chi connectivity index (χ0) is 13.2. The lowest BCUT2D eigenvalue weighted by Gasteiger charge is -2.35. The van der Waals surface area contributed by atoms with E-state index in [9.17, 15) is 0 Å². The van der Waals surface area contributed by atoms with Crippen LogP contribution in [-0.4, -0.2) is 47.6 Å². The first-order chi connectivity index (χ1) is 9.26.